The molecular weight excluding hydrogens is 503 g/mol. The zero-order valence-corrected chi connectivity index (χ0v) is 20.9. The number of amides is 1. The molecule has 7 nitrogen and oxygen atoms in total. The molecule has 0 aliphatic carbocycles. The number of carbonyl (C=O) groups excluding carboxylic acids is 2. The van der Waals surface area contributed by atoms with Crippen LogP contribution in [0.25, 0.3) is 5.76 Å². The van der Waals surface area contributed by atoms with E-state index in [0.717, 1.165) is 5.69 Å². The summed E-state index contributed by atoms with van der Waals surface area (Å²) >= 11 is 12.1. The molecule has 0 spiro atoms. The standard InChI is InChI=1S/C27H22Cl2N2O5/c1-30(2)19-10-7-16(8-11-19)23-22(24(32)18-9-12-20(28)21(29)13-18)25(33)26(34)31(23)14-15-3-5-17(6-4-15)27(35)36/h3-13,23,32H,14H2,1-2H3,(H,35,36)/b24-22-. The SMILES string of the molecule is CN(C)c1ccc(C2/C(=C(/O)c3ccc(Cl)c(Cl)c3)C(=O)C(=O)N2Cc2ccc(C(=O)O)cc2)cc1. The molecule has 9 heteroatoms. The molecule has 1 heterocycles. The van der Waals surface area contributed by atoms with Gasteiger partial charge in [-0.2, -0.15) is 0 Å². The average Bonchev–Trinajstić information content (AvgIpc) is 3.10. The molecular formula is C27H22Cl2N2O5. The Labute approximate surface area is 217 Å². The Hall–Kier alpha value is -3.81. The van der Waals surface area contributed by atoms with E-state index >= 15 is 0 Å². The number of rotatable bonds is 6. The van der Waals surface area contributed by atoms with E-state index < -0.39 is 23.7 Å². The summed E-state index contributed by atoms with van der Waals surface area (Å²) in [7, 11) is 3.79. The van der Waals surface area contributed by atoms with Gasteiger partial charge < -0.3 is 20.0 Å². The number of anilines is 1. The second-order valence-corrected chi connectivity index (χ2v) is 9.36. The number of carbonyl (C=O) groups is 3. The molecule has 1 unspecified atom stereocenters. The minimum Gasteiger partial charge on any atom is -0.507 e. The lowest BCUT2D eigenvalue weighted by atomic mass is 9.95. The van der Waals surface area contributed by atoms with Crippen LogP contribution in [-0.2, 0) is 16.1 Å². The predicted molar refractivity (Wildman–Crippen MR) is 138 cm³/mol. The molecule has 36 heavy (non-hydrogen) atoms. The summed E-state index contributed by atoms with van der Waals surface area (Å²) in [5.41, 5.74) is 2.47. The van der Waals surface area contributed by atoms with Crippen molar-refractivity contribution in [2.75, 3.05) is 19.0 Å². The summed E-state index contributed by atoms with van der Waals surface area (Å²) in [6.07, 6.45) is 0. The first kappa shape index (κ1) is 25.3. The van der Waals surface area contributed by atoms with Crippen molar-refractivity contribution in [1.82, 2.24) is 4.90 Å². The highest BCUT2D eigenvalue weighted by molar-refractivity contribution is 6.46. The highest BCUT2D eigenvalue weighted by Crippen LogP contribution is 2.41. The number of carboxylic acid groups (broad SMARTS) is 1. The number of Topliss-reactive ketones (excluding diaryl/α,β-unsaturated/α-hetero) is 1. The van der Waals surface area contributed by atoms with Gasteiger partial charge in [-0.1, -0.05) is 47.5 Å². The van der Waals surface area contributed by atoms with Crippen LogP contribution >= 0.6 is 23.2 Å². The molecule has 1 aliphatic rings. The number of hydrogen-bond acceptors (Lipinski definition) is 5. The van der Waals surface area contributed by atoms with Crippen LogP contribution in [0, 0.1) is 0 Å². The predicted octanol–water partition coefficient (Wildman–Crippen LogP) is 5.38. The van der Waals surface area contributed by atoms with E-state index in [2.05, 4.69) is 0 Å². The Morgan fingerprint density at radius 2 is 1.50 bits per heavy atom. The number of benzene rings is 3. The van der Waals surface area contributed by atoms with Crippen molar-refractivity contribution >= 4 is 52.3 Å². The maximum Gasteiger partial charge on any atom is 0.335 e. The fourth-order valence-corrected chi connectivity index (χ4v) is 4.39. The van der Waals surface area contributed by atoms with Crippen molar-refractivity contribution in [3.63, 3.8) is 0 Å². The van der Waals surface area contributed by atoms with Gasteiger partial charge >= 0.3 is 5.97 Å². The zero-order chi connectivity index (χ0) is 26.1. The molecule has 1 amide bonds. The number of likely N-dealkylation sites (tertiary alicyclic amines) is 1. The van der Waals surface area contributed by atoms with Crippen molar-refractivity contribution in [3.8, 4) is 0 Å². The smallest absolute Gasteiger partial charge is 0.335 e. The average molecular weight is 525 g/mol. The maximum atomic E-state index is 13.2. The van der Waals surface area contributed by atoms with Crippen molar-refractivity contribution in [2.45, 2.75) is 12.6 Å². The van der Waals surface area contributed by atoms with E-state index in [1.54, 1.807) is 24.3 Å². The van der Waals surface area contributed by atoms with Gasteiger partial charge in [0.15, 0.2) is 0 Å². The minimum atomic E-state index is -1.07. The van der Waals surface area contributed by atoms with E-state index in [1.165, 1.54) is 35.2 Å². The largest absolute Gasteiger partial charge is 0.507 e. The summed E-state index contributed by atoms with van der Waals surface area (Å²) in [5.74, 6) is -3.04. The van der Waals surface area contributed by atoms with Gasteiger partial charge in [-0.15, -0.1) is 0 Å². The van der Waals surface area contributed by atoms with Gasteiger partial charge in [0, 0.05) is 31.9 Å². The van der Waals surface area contributed by atoms with Gasteiger partial charge in [0.25, 0.3) is 11.7 Å². The van der Waals surface area contributed by atoms with E-state index in [9.17, 15) is 19.5 Å². The number of ketones is 1. The molecule has 1 aliphatic heterocycles. The van der Waals surface area contributed by atoms with Gasteiger partial charge in [-0.3, -0.25) is 9.59 Å². The minimum absolute atomic E-state index is 0.0305. The highest BCUT2D eigenvalue weighted by Gasteiger charge is 2.46. The number of aliphatic hydroxyl groups excluding tert-OH is 1. The molecule has 0 radical (unpaired) electrons. The quantitative estimate of drug-likeness (QED) is 0.255. The first-order valence-electron chi connectivity index (χ1n) is 10.9. The fourth-order valence-electron chi connectivity index (χ4n) is 4.09. The normalized spacial score (nSPS) is 16.9. The zero-order valence-electron chi connectivity index (χ0n) is 19.4. The second-order valence-electron chi connectivity index (χ2n) is 8.54. The Morgan fingerprint density at radius 3 is 2.06 bits per heavy atom. The Balaban J connectivity index is 1.83. The van der Waals surface area contributed by atoms with Gasteiger partial charge in [0.1, 0.15) is 5.76 Å². The van der Waals surface area contributed by atoms with Crippen LogP contribution < -0.4 is 4.90 Å². The lowest BCUT2D eigenvalue weighted by Gasteiger charge is -2.26. The summed E-state index contributed by atoms with van der Waals surface area (Å²) in [6, 6.07) is 16.9. The van der Waals surface area contributed by atoms with Gasteiger partial charge in [0.2, 0.25) is 0 Å². The van der Waals surface area contributed by atoms with E-state index in [1.807, 2.05) is 31.1 Å². The van der Waals surface area contributed by atoms with E-state index in [-0.39, 0.29) is 39.0 Å². The third kappa shape index (κ3) is 4.80. The number of carboxylic acids is 1. The molecule has 1 atom stereocenters. The van der Waals surface area contributed by atoms with Crippen LogP contribution in [0.5, 0.6) is 0 Å². The molecule has 0 bridgehead atoms. The monoisotopic (exact) mass is 524 g/mol. The Kier molecular flexibility index (Phi) is 7.06. The third-order valence-electron chi connectivity index (χ3n) is 6.01. The molecule has 3 aromatic carbocycles. The molecule has 0 saturated carbocycles. The fraction of sp³-hybridized carbons (Fsp3) is 0.148. The number of aliphatic hydroxyl groups is 1. The number of halogens is 2. The van der Waals surface area contributed by atoms with Crippen molar-refractivity contribution in [1.29, 1.82) is 0 Å². The van der Waals surface area contributed by atoms with Gasteiger partial charge in [0.05, 0.1) is 27.2 Å². The van der Waals surface area contributed by atoms with Crippen LogP contribution in [0.2, 0.25) is 10.0 Å². The van der Waals surface area contributed by atoms with Crippen molar-refractivity contribution < 1.29 is 24.6 Å². The second kappa shape index (κ2) is 10.0. The van der Waals surface area contributed by atoms with Crippen LogP contribution in [0.4, 0.5) is 5.69 Å². The summed E-state index contributed by atoms with van der Waals surface area (Å²) in [4.78, 5) is 40.9. The summed E-state index contributed by atoms with van der Waals surface area (Å²) in [5, 5.41) is 20.8. The van der Waals surface area contributed by atoms with Gasteiger partial charge in [-0.05, 0) is 53.6 Å². The molecule has 1 saturated heterocycles. The number of aromatic carboxylic acids is 1. The van der Waals surface area contributed by atoms with Crippen LogP contribution in [0.15, 0.2) is 72.3 Å². The van der Waals surface area contributed by atoms with Crippen LogP contribution in [-0.4, -0.2) is 46.9 Å². The summed E-state index contributed by atoms with van der Waals surface area (Å²) in [6.45, 7) is 0.0305. The lowest BCUT2D eigenvalue weighted by Crippen LogP contribution is -2.29. The van der Waals surface area contributed by atoms with Gasteiger partial charge in [-0.25, -0.2) is 4.79 Å². The Bertz CT molecular complexity index is 1380. The third-order valence-corrected chi connectivity index (χ3v) is 6.75. The lowest BCUT2D eigenvalue weighted by molar-refractivity contribution is -0.140. The molecule has 4 rings (SSSR count). The maximum absolute atomic E-state index is 13.2. The molecule has 0 aromatic heterocycles. The first-order chi connectivity index (χ1) is 17.1. The highest BCUT2D eigenvalue weighted by atomic mass is 35.5. The van der Waals surface area contributed by atoms with Crippen molar-refractivity contribution in [3.05, 3.63) is 105 Å². The van der Waals surface area contributed by atoms with E-state index in [0.29, 0.717) is 11.1 Å². The number of nitrogens with zero attached hydrogens (tertiary/aromatic N) is 2. The molecule has 2 N–H and O–H groups in total. The molecule has 184 valence electrons. The number of hydrogen-bond donors (Lipinski definition) is 2. The molecule has 1 fully saturated rings. The van der Waals surface area contributed by atoms with Crippen LogP contribution in [0.1, 0.15) is 33.1 Å². The topological polar surface area (TPSA) is 98.2 Å². The Morgan fingerprint density at radius 1 is 0.889 bits per heavy atom. The first-order valence-corrected chi connectivity index (χ1v) is 11.7. The molecule has 3 aromatic rings. The van der Waals surface area contributed by atoms with E-state index in [4.69, 9.17) is 28.3 Å². The van der Waals surface area contributed by atoms with Crippen LogP contribution in [0.3, 0.4) is 0 Å². The van der Waals surface area contributed by atoms with Crippen molar-refractivity contribution in [2.24, 2.45) is 0 Å². The summed E-state index contributed by atoms with van der Waals surface area (Å²) < 4.78 is 0.